The summed E-state index contributed by atoms with van der Waals surface area (Å²) in [6, 6.07) is 0. The van der Waals surface area contributed by atoms with E-state index < -0.39 is 0 Å². The monoisotopic (exact) mass is 301 g/mol. The highest BCUT2D eigenvalue weighted by molar-refractivity contribution is 5.79. The average Bonchev–Trinajstić information content (AvgIpc) is 2.43. The van der Waals surface area contributed by atoms with Crippen molar-refractivity contribution in [2.24, 2.45) is 10.4 Å². The normalized spacial score (nSPS) is 14.1. The molecule has 0 aliphatic rings. The summed E-state index contributed by atoms with van der Waals surface area (Å²) < 4.78 is 11.1. The molecule has 0 aromatic rings. The van der Waals surface area contributed by atoms with Crippen LogP contribution in [-0.4, -0.2) is 52.5 Å². The molecule has 0 aromatic heterocycles. The zero-order valence-electron chi connectivity index (χ0n) is 14.8. The molecule has 0 saturated carbocycles. The standard InChI is InChI=1S/C16H35N3O2/c1-7-8-11-21-12-9-10-18-15(17-5)19-13-14(20-6)16(2,3)4/h14H,7-13H2,1-6H3,(H2,17,18,19). The summed E-state index contributed by atoms with van der Waals surface area (Å²) in [5.74, 6) is 0.815. The van der Waals surface area contributed by atoms with Crippen LogP contribution in [0.4, 0.5) is 0 Å². The van der Waals surface area contributed by atoms with E-state index in [1.807, 2.05) is 0 Å². The molecule has 0 rings (SSSR count). The Morgan fingerprint density at radius 2 is 1.81 bits per heavy atom. The Hall–Kier alpha value is -0.810. The maximum Gasteiger partial charge on any atom is 0.191 e. The van der Waals surface area contributed by atoms with Crippen molar-refractivity contribution < 1.29 is 9.47 Å². The van der Waals surface area contributed by atoms with Gasteiger partial charge in [0.1, 0.15) is 0 Å². The molecule has 5 nitrogen and oxygen atoms in total. The Labute approximate surface area is 130 Å². The Morgan fingerprint density at radius 3 is 2.33 bits per heavy atom. The molecule has 21 heavy (non-hydrogen) atoms. The molecule has 0 aliphatic carbocycles. The minimum atomic E-state index is 0.105. The topological polar surface area (TPSA) is 54.9 Å². The molecule has 2 N–H and O–H groups in total. The van der Waals surface area contributed by atoms with Gasteiger partial charge in [0.05, 0.1) is 6.10 Å². The maximum atomic E-state index is 5.53. The van der Waals surface area contributed by atoms with E-state index in [4.69, 9.17) is 9.47 Å². The van der Waals surface area contributed by atoms with Gasteiger partial charge in [-0.3, -0.25) is 4.99 Å². The van der Waals surface area contributed by atoms with Crippen LogP contribution in [-0.2, 0) is 9.47 Å². The zero-order chi connectivity index (χ0) is 16.1. The molecule has 0 radical (unpaired) electrons. The van der Waals surface area contributed by atoms with Gasteiger partial charge in [0.25, 0.3) is 0 Å². The maximum absolute atomic E-state index is 5.53. The van der Waals surface area contributed by atoms with E-state index in [9.17, 15) is 0 Å². The van der Waals surface area contributed by atoms with Gasteiger partial charge in [-0.1, -0.05) is 34.1 Å². The van der Waals surface area contributed by atoms with Crippen LogP contribution in [0.1, 0.15) is 47.0 Å². The molecule has 1 unspecified atom stereocenters. The average molecular weight is 301 g/mol. The van der Waals surface area contributed by atoms with Crippen molar-refractivity contribution in [3.8, 4) is 0 Å². The summed E-state index contributed by atoms with van der Waals surface area (Å²) in [4.78, 5) is 4.22. The molecule has 0 bridgehead atoms. The highest BCUT2D eigenvalue weighted by Gasteiger charge is 2.24. The van der Waals surface area contributed by atoms with E-state index in [1.54, 1.807) is 14.2 Å². The van der Waals surface area contributed by atoms with Crippen LogP contribution < -0.4 is 10.6 Å². The predicted octanol–water partition coefficient (Wildman–Crippen LogP) is 2.42. The van der Waals surface area contributed by atoms with E-state index in [0.717, 1.165) is 45.1 Å². The number of aliphatic imine (C=N–C) groups is 1. The van der Waals surface area contributed by atoms with Crippen LogP contribution in [0.5, 0.6) is 0 Å². The fourth-order valence-corrected chi connectivity index (χ4v) is 1.88. The van der Waals surface area contributed by atoms with Gasteiger partial charge >= 0.3 is 0 Å². The van der Waals surface area contributed by atoms with Crippen molar-refractivity contribution in [1.29, 1.82) is 0 Å². The third kappa shape index (κ3) is 10.5. The fourth-order valence-electron chi connectivity index (χ4n) is 1.88. The van der Waals surface area contributed by atoms with Crippen molar-refractivity contribution in [3.63, 3.8) is 0 Å². The SMILES string of the molecule is CCCCOCCCNC(=NC)NCC(OC)C(C)(C)C. The molecular formula is C16H35N3O2. The number of nitrogens with zero attached hydrogens (tertiary/aromatic N) is 1. The smallest absolute Gasteiger partial charge is 0.191 e. The van der Waals surface area contributed by atoms with Crippen LogP contribution in [0.25, 0.3) is 0 Å². The van der Waals surface area contributed by atoms with Crippen LogP contribution >= 0.6 is 0 Å². The molecule has 1 atom stereocenters. The molecule has 0 spiro atoms. The lowest BCUT2D eigenvalue weighted by Gasteiger charge is -2.30. The van der Waals surface area contributed by atoms with E-state index in [2.05, 4.69) is 43.3 Å². The second-order valence-corrected chi connectivity index (χ2v) is 6.29. The fraction of sp³-hybridized carbons (Fsp3) is 0.938. The quantitative estimate of drug-likeness (QED) is 0.370. The van der Waals surface area contributed by atoms with E-state index in [0.29, 0.717) is 0 Å². The number of unbranched alkanes of at least 4 members (excludes halogenated alkanes) is 1. The molecule has 0 saturated heterocycles. The number of hydrogen-bond donors (Lipinski definition) is 2. The van der Waals surface area contributed by atoms with E-state index >= 15 is 0 Å². The lowest BCUT2D eigenvalue weighted by molar-refractivity contribution is 0.0205. The summed E-state index contributed by atoms with van der Waals surface area (Å²) in [5.41, 5.74) is 0.105. The van der Waals surface area contributed by atoms with Crippen LogP contribution in [0.2, 0.25) is 0 Å². The third-order valence-corrected chi connectivity index (χ3v) is 3.33. The molecule has 0 aliphatic heterocycles. The summed E-state index contributed by atoms with van der Waals surface area (Å²) in [6.45, 7) is 12.0. The van der Waals surface area contributed by atoms with E-state index in [1.165, 1.54) is 6.42 Å². The van der Waals surface area contributed by atoms with Gasteiger partial charge in [0.2, 0.25) is 0 Å². The number of hydrogen-bond acceptors (Lipinski definition) is 3. The lowest BCUT2D eigenvalue weighted by atomic mass is 9.89. The molecule has 0 amide bonds. The first kappa shape index (κ1) is 20.2. The largest absolute Gasteiger partial charge is 0.381 e. The van der Waals surface area contributed by atoms with Gasteiger partial charge in [0.15, 0.2) is 5.96 Å². The molecular weight excluding hydrogens is 266 g/mol. The van der Waals surface area contributed by atoms with Crippen LogP contribution in [0.3, 0.4) is 0 Å². The highest BCUT2D eigenvalue weighted by Crippen LogP contribution is 2.20. The minimum Gasteiger partial charge on any atom is -0.381 e. The molecule has 5 heteroatoms. The van der Waals surface area contributed by atoms with Gasteiger partial charge in [0, 0.05) is 40.5 Å². The van der Waals surface area contributed by atoms with Crippen molar-refractivity contribution in [3.05, 3.63) is 0 Å². The molecule has 0 heterocycles. The second kappa shape index (κ2) is 11.8. The minimum absolute atomic E-state index is 0.105. The molecule has 0 aromatic carbocycles. The second-order valence-electron chi connectivity index (χ2n) is 6.29. The first-order valence-corrected chi connectivity index (χ1v) is 8.00. The van der Waals surface area contributed by atoms with Gasteiger partial charge in [-0.15, -0.1) is 0 Å². The Kier molecular flexibility index (Phi) is 11.4. The Morgan fingerprint density at radius 1 is 1.14 bits per heavy atom. The predicted molar refractivity (Wildman–Crippen MR) is 90.0 cm³/mol. The number of guanidine groups is 1. The van der Waals surface area contributed by atoms with Gasteiger partial charge in [-0.05, 0) is 18.3 Å². The first-order chi connectivity index (χ1) is 9.95. The Balaban J connectivity index is 3.82. The van der Waals surface area contributed by atoms with Gasteiger partial charge < -0.3 is 20.1 Å². The van der Waals surface area contributed by atoms with Crippen LogP contribution in [0.15, 0.2) is 4.99 Å². The van der Waals surface area contributed by atoms with Crippen molar-refractivity contribution in [1.82, 2.24) is 10.6 Å². The third-order valence-electron chi connectivity index (χ3n) is 3.33. The molecule has 0 fully saturated rings. The molecule has 126 valence electrons. The highest BCUT2D eigenvalue weighted by atomic mass is 16.5. The first-order valence-electron chi connectivity index (χ1n) is 8.00. The summed E-state index contributed by atoms with van der Waals surface area (Å²) in [6.07, 6.45) is 3.45. The van der Waals surface area contributed by atoms with Gasteiger partial charge in [-0.2, -0.15) is 0 Å². The lowest BCUT2D eigenvalue weighted by Crippen LogP contribution is -2.45. The van der Waals surface area contributed by atoms with E-state index in [-0.39, 0.29) is 11.5 Å². The number of ether oxygens (including phenoxy) is 2. The number of nitrogens with one attached hydrogen (secondary N) is 2. The summed E-state index contributed by atoms with van der Waals surface area (Å²) >= 11 is 0. The van der Waals surface area contributed by atoms with Crippen molar-refractivity contribution in [2.75, 3.05) is 40.5 Å². The number of rotatable bonds is 10. The summed E-state index contributed by atoms with van der Waals surface area (Å²) in [5, 5.41) is 6.61. The number of methoxy groups -OCH3 is 1. The summed E-state index contributed by atoms with van der Waals surface area (Å²) in [7, 11) is 3.54. The van der Waals surface area contributed by atoms with Crippen molar-refractivity contribution in [2.45, 2.75) is 53.1 Å². The Bertz CT molecular complexity index is 275. The zero-order valence-corrected chi connectivity index (χ0v) is 14.8. The van der Waals surface area contributed by atoms with Crippen molar-refractivity contribution >= 4 is 5.96 Å². The van der Waals surface area contributed by atoms with Gasteiger partial charge in [-0.25, -0.2) is 0 Å². The van der Waals surface area contributed by atoms with Crippen LogP contribution in [0, 0.1) is 5.41 Å².